The van der Waals surface area contributed by atoms with E-state index in [1.807, 2.05) is 0 Å². The fourth-order valence-electron chi connectivity index (χ4n) is 4.53. The molecule has 1 heterocycles. The van der Waals surface area contributed by atoms with Crippen LogP contribution >= 0.6 is 0 Å². The van der Waals surface area contributed by atoms with E-state index in [4.69, 9.17) is 4.98 Å². The Morgan fingerprint density at radius 3 is 2.06 bits per heavy atom. The van der Waals surface area contributed by atoms with E-state index >= 15 is 0 Å². The van der Waals surface area contributed by atoms with E-state index in [-0.39, 0.29) is 5.54 Å². The third-order valence-corrected chi connectivity index (χ3v) is 6.17. The fourth-order valence-corrected chi connectivity index (χ4v) is 4.53. The van der Waals surface area contributed by atoms with Gasteiger partial charge in [0, 0.05) is 11.3 Å². The van der Waals surface area contributed by atoms with Gasteiger partial charge in [-0.1, -0.05) is 93.4 Å². The first kappa shape index (κ1) is 22.1. The molecule has 0 saturated carbocycles. The normalized spacial score (nSPS) is 11.6. The average Bonchev–Trinajstić information content (AvgIpc) is 2.81. The second kappa shape index (κ2) is 9.56. The number of rotatable bonds is 8. The number of hydrogen-bond acceptors (Lipinski definition) is 2. The fraction of sp³-hybridized carbons (Fsp3) is 0.300. The molecule has 0 aliphatic carbocycles. The molecule has 0 spiro atoms. The Morgan fingerprint density at radius 2 is 1.34 bits per heavy atom. The van der Waals surface area contributed by atoms with Crippen LogP contribution in [-0.2, 0) is 18.4 Å². The van der Waals surface area contributed by atoms with E-state index in [2.05, 4.69) is 112 Å². The molecule has 0 amide bonds. The number of para-hydroxylation sites is 1. The van der Waals surface area contributed by atoms with Crippen molar-refractivity contribution in [2.75, 3.05) is 5.32 Å². The number of nitrogens with zero attached hydrogens (tertiary/aromatic N) is 1. The summed E-state index contributed by atoms with van der Waals surface area (Å²) in [5.41, 5.74) is 7.04. The van der Waals surface area contributed by atoms with Crippen LogP contribution in [0.1, 0.15) is 57.4 Å². The third kappa shape index (κ3) is 4.55. The van der Waals surface area contributed by atoms with Gasteiger partial charge in [-0.3, -0.25) is 4.98 Å². The van der Waals surface area contributed by atoms with Crippen LogP contribution in [0.4, 0.5) is 5.69 Å². The molecular formula is C30H34N2. The number of hydrogen-bond donors (Lipinski definition) is 1. The molecule has 2 heteroatoms. The molecule has 32 heavy (non-hydrogen) atoms. The summed E-state index contributed by atoms with van der Waals surface area (Å²) in [7, 11) is 0. The first-order chi connectivity index (χ1) is 15.5. The molecule has 0 saturated heterocycles. The summed E-state index contributed by atoms with van der Waals surface area (Å²) < 4.78 is 0. The van der Waals surface area contributed by atoms with Crippen molar-refractivity contribution in [1.29, 1.82) is 0 Å². The molecule has 0 aliphatic rings. The third-order valence-electron chi connectivity index (χ3n) is 6.17. The lowest BCUT2D eigenvalue weighted by molar-refractivity contribution is 0.585. The number of benzene rings is 3. The van der Waals surface area contributed by atoms with Crippen molar-refractivity contribution in [3.8, 4) is 11.3 Å². The zero-order valence-electron chi connectivity index (χ0n) is 19.8. The van der Waals surface area contributed by atoms with Gasteiger partial charge in [-0.05, 0) is 60.7 Å². The average molecular weight is 423 g/mol. The minimum atomic E-state index is -0.299. The number of aryl methyl sites for hydroxylation is 2. The van der Waals surface area contributed by atoms with Crippen LogP contribution in [0.15, 0.2) is 78.9 Å². The maximum Gasteiger partial charge on any atom is 0.0739 e. The molecule has 0 fully saturated rings. The number of pyridine rings is 1. The van der Waals surface area contributed by atoms with Crippen LogP contribution in [0.5, 0.6) is 0 Å². The Hall–Kier alpha value is -3.13. The summed E-state index contributed by atoms with van der Waals surface area (Å²) in [6.07, 6.45) is 4.44. The van der Waals surface area contributed by atoms with Crippen LogP contribution in [0.2, 0.25) is 0 Å². The second-order valence-corrected chi connectivity index (χ2v) is 9.14. The smallest absolute Gasteiger partial charge is 0.0739 e. The van der Waals surface area contributed by atoms with Gasteiger partial charge in [0.25, 0.3) is 0 Å². The van der Waals surface area contributed by atoms with E-state index in [0.717, 1.165) is 37.1 Å². The highest BCUT2D eigenvalue weighted by Gasteiger charge is 2.25. The van der Waals surface area contributed by atoms with Gasteiger partial charge >= 0.3 is 0 Å². The molecule has 3 aromatic carbocycles. The summed E-state index contributed by atoms with van der Waals surface area (Å²) in [4.78, 5) is 5.15. The van der Waals surface area contributed by atoms with Gasteiger partial charge in [0.05, 0.1) is 16.9 Å². The molecule has 0 aliphatic heterocycles. The first-order valence-corrected chi connectivity index (χ1v) is 11.9. The Kier molecular flexibility index (Phi) is 6.60. The van der Waals surface area contributed by atoms with Crippen molar-refractivity contribution in [1.82, 2.24) is 4.98 Å². The summed E-state index contributed by atoms with van der Waals surface area (Å²) in [6, 6.07) is 28.1. The van der Waals surface area contributed by atoms with Crippen LogP contribution in [-0.4, -0.2) is 4.98 Å². The molecule has 1 N–H and O–H groups in total. The number of aromatic nitrogens is 1. The highest BCUT2D eigenvalue weighted by molar-refractivity contribution is 5.95. The summed E-state index contributed by atoms with van der Waals surface area (Å²) in [5, 5.41) is 6.38. The van der Waals surface area contributed by atoms with Crippen molar-refractivity contribution < 1.29 is 0 Å². The van der Waals surface area contributed by atoms with Crippen LogP contribution in [0, 0.1) is 0 Å². The van der Waals surface area contributed by atoms with Crippen LogP contribution < -0.4 is 5.32 Å². The Labute approximate surface area is 192 Å². The van der Waals surface area contributed by atoms with Crippen molar-refractivity contribution >= 4 is 16.5 Å². The molecule has 0 bridgehead atoms. The Balaban J connectivity index is 1.73. The molecule has 2 nitrogen and oxygen atoms in total. The zero-order valence-corrected chi connectivity index (χ0v) is 19.8. The van der Waals surface area contributed by atoms with Crippen molar-refractivity contribution in [3.63, 3.8) is 0 Å². The van der Waals surface area contributed by atoms with Crippen LogP contribution in [0.3, 0.4) is 0 Å². The van der Waals surface area contributed by atoms with E-state index in [9.17, 15) is 0 Å². The van der Waals surface area contributed by atoms with Gasteiger partial charge in [0.15, 0.2) is 0 Å². The number of nitrogens with one attached hydrogen (secondary N) is 1. The monoisotopic (exact) mass is 422 g/mol. The maximum atomic E-state index is 5.15. The lowest BCUT2D eigenvalue weighted by Crippen LogP contribution is -2.30. The van der Waals surface area contributed by atoms with E-state index in [1.165, 1.54) is 33.2 Å². The first-order valence-electron chi connectivity index (χ1n) is 11.9. The SMILES string of the molecule is CCCc1cccc(CCC)c1NC(C)(C)c1cccc(-c2cccc3ccccc23)n1. The van der Waals surface area contributed by atoms with E-state index in [0.29, 0.717) is 0 Å². The molecule has 0 unspecified atom stereocenters. The molecular weight excluding hydrogens is 388 g/mol. The van der Waals surface area contributed by atoms with Gasteiger partial charge in [-0.25, -0.2) is 0 Å². The number of anilines is 1. The minimum absolute atomic E-state index is 0.299. The van der Waals surface area contributed by atoms with E-state index in [1.54, 1.807) is 0 Å². The van der Waals surface area contributed by atoms with Crippen molar-refractivity contribution in [3.05, 3.63) is 95.7 Å². The summed E-state index contributed by atoms with van der Waals surface area (Å²) >= 11 is 0. The quantitative estimate of drug-likeness (QED) is 0.310. The van der Waals surface area contributed by atoms with Gasteiger partial charge in [-0.15, -0.1) is 0 Å². The molecule has 4 rings (SSSR count). The van der Waals surface area contributed by atoms with Gasteiger partial charge in [-0.2, -0.15) is 0 Å². The predicted octanol–water partition coefficient (Wildman–Crippen LogP) is 8.15. The van der Waals surface area contributed by atoms with E-state index < -0.39 is 0 Å². The largest absolute Gasteiger partial charge is 0.374 e. The lowest BCUT2D eigenvalue weighted by atomic mass is 9.94. The van der Waals surface area contributed by atoms with Gasteiger partial charge in [0.1, 0.15) is 0 Å². The molecule has 4 aromatic rings. The minimum Gasteiger partial charge on any atom is -0.374 e. The molecule has 164 valence electrons. The second-order valence-electron chi connectivity index (χ2n) is 9.14. The topological polar surface area (TPSA) is 24.9 Å². The summed E-state index contributed by atoms with van der Waals surface area (Å²) in [5.74, 6) is 0. The summed E-state index contributed by atoms with van der Waals surface area (Å²) in [6.45, 7) is 8.97. The van der Waals surface area contributed by atoms with Crippen molar-refractivity contribution in [2.45, 2.75) is 58.9 Å². The zero-order chi connectivity index (χ0) is 22.6. The highest BCUT2D eigenvalue weighted by Crippen LogP contribution is 2.33. The molecule has 1 aromatic heterocycles. The van der Waals surface area contributed by atoms with Crippen LogP contribution in [0.25, 0.3) is 22.0 Å². The maximum absolute atomic E-state index is 5.15. The molecule has 0 atom stereocenters. The molecule has 0 radical (unpaired) electrons. The van der Waals surface area contributed by atoms with Gasteiger partial charge in [0.2, 0.25) is 0 Å². The predicted molar refractivity (Wildman–Crippen MR) is 138 cm³/mol. The van der Waals surface area contributed by atoms with Crippen molar-refractivity contribution in [2.24, 2.45) is 0 Å². The highest BCUT2D eigenvalue weighted by atomic mass is 15.0. The number of fused-ring (bicyclic) bond motifs is 1. The van der Waals surface area contributed by atoms with Gasteiger partial charge < -0.3 is 5.32 Å². The Bertz CT molecular complexity index is 1180. The standard InChI is InChI=1S/C30H34N2/c1-5-12-23-16-9-17-24(13-6-2)29(23)32-30(3,4)28-21-11-20-27(31-28)26-19-10-15-22-14-7-8-18-25(22)26/h7-11,14-21,32H,5-6,12-13H2,1-4H3. The lowest BCUT2D eigenvalue weighted by Gasteiger charge is -2.30. The Morgan fingerprint density at radius 1 is 0.719 bits per heavy atom.